The van der Waals surface area contributed by atoms with Crippen molar-refractivity contribution in [3.8, 4) is 0 Å². The Morgan fingerprint density at radius 2 is 1.86 bits per heavy atom. The molecule has 1 aromatic carbocycles. The van der Waals surface area contributed by atoms with Crippen molar-refractivity contribution in [3.05, 3.63) is 23.8 Å². The molecule has 1 atom stereocenters. The lowest BCUT2D eigenvalue weighted by molar-refractivity contribution is -0.0333. The molecule has 2 saturated heterocycles. The fourth-order valence-corrected chi connectivity index (χ4v) is 4.20. The first kappa shape index (κ1) is 22.3. The summed E-state index contributed by atoms with van der Waals surface area (Å²) in [5.41, 5.74) is -2.92. The molecule has 3 rings (SSSR count). The molecule has 5 nitrogen and oxygen atoms in total. The number of anilines is 1. The molecule has 0 radical (unpaired) electrons. The van der Waals surface area contributed by atoms with Crippen LogP contribution in [0.5, 0.6) is 0 Å². The van der Waals surface area contributed by atoms with Crippen molar-refractivity contribution in [1.29, 1.82) is 0 Å². The van der Waals surface area contributed by atoms with E-state index in [-0.39, 0.29) is 18.3 Å². The van der Waals surface area contributed by atoms with Gasteiger partial charge in [0.25, 0.3) is 0 Å². The Labute approximate surface area is 173 Å². The van der Waals surface area contributed by atoms with Crippen LogP contribution in [0.3, 0.4) is 0 Å². The highest BCUT2D eigenvalue weighted by Gasteiger charge is 2.52. The SMILES string of the molecule is Cc1ccc(NC(=O)N2CCC(SC(F)(F)F)C2)cc1B1OC(C)(C)C(C)(C)O1. The van der Waals surface area contributed by atoms with E-state index in [9.17, 15) is 18.0 Å². The van der Waals surface area contributed by atoms with Crippen LogP contribution in [0.2, 0.25) is 0 Å². The standard InChI is InChI=1S/C19H26BF3N2O3S/c1-12-6-7-13(10-15(12)20-27-17(2,3)18(4,5)28-20)24-16(26)25-9-8-14(11-25)29-19(21,22)23/h6-7,10,14H,8-9,11H2,1-5H3,(H,24,26). The van der Waals surface area contributed by atoms with E-state index in [4.69, 9.17) is 9.31 Å². The molecule has 2 aliphatic heterocycles. The highest BCUT2D eigenvalue weighted by Crippen LogP contribution is 2.38. The number of alkyl halides is 3. The third kappa shape index (κ3) is 5.03. The molecule has 2 aliphatic rings. The molecule has 160 valence electrons. The van der Waals surface area contributed by atoms with Crippen LogP contribution in [0.15, 0.2) is 18.2 Å². The fraction of sp³-hybridized carbons (Fsp3) is 0.632. The number of benzene rings is 1. The van der Waals surface area contributed by atoms with E-state index in [1.807, 2.05) is 40.7 Å². The third-order valence-electron chi connectivity index (χ3n) is 5.77. The van der Waals surface area contributed by atoms with Crippen molar-refractivity contribution < 1.29 is 27.3 Å². The van der Waals surface area contributed by atoms with Crippen LogP contribution in [-0.2, 0) is 9.31 Å². The monoisotopic (exact) mass is 430 g/mol. The van der Waals surface area contributed by atoms with Gasteiger partial charge in [0.2, 0.25) is 0 Å². The maximum Gasteiger partial charge on any atom is 0.495 e. The number of thioether (sulfide) groups is 1. The van der Waals surface area contributed by atoms with Crippen molar-refractivity contribution in [2.75, 3.05) is 18.4 Å². The van der Waals surface area contributed by atoms with Gasteiger partial charge in [0.1, 0.15) is 0 Å². The zero-order valence-corrected chi connectivity index (χ0v) is 18.0. The number of halogens is 3. The van der Waals surface area contributed by atoms with Gasteiger partial charge in [-0.15, -0.1) is 0 Å². The summed E-state index contributed by atoms with van der Waals surface area (Å²) >= 11 is -0.0422. The summed E-state index contributed by atoms with van der Waals surface area (Å²) in [6.45, 7) is 10.2. The third-order valence-corrected chi connectivity index (χ3v) is 6.76. The smallest absolute Gasteiger partial charge is 0.399 e. The number of likely N-dealkylation sites (tertiary alicyclic amines) is 1. The Balaban J connectivity index is 1.67. The van der Waals surface area contributed by atoms with Gasteiger partial charge < -0.3 is 19.5 Å². The van der Waals surface area contributed by atoms with Crippen LogP contribution in [0, 0.1) is 6.92 Å². The normalized spacial score (nSPS) is 23.5. The Morgan fingerprint density at radius 1 is 1.24 bits per heavy atom. The quantitative estimate of drug-likeness (QED) is 0.733. The topological polar surface area (TPSA) is 50.8 Å². The van der Waals surface area contributed by atoms with E-state index in [0.717, 1.165) is 11.0 Å². The summed E-state index contributed by atoms with van der Waals surface area (Å²) in [4.78, 5) is 13.9. The molecule has 0 aromatic heterocycles. The molecule has 1 unspecified atom stereocenters. The van der Waals surface area contributed by atoms with Gasteiger partial charge >= 0.3 is 18.7 Å². The highest BCUT2D eigenvalue weighted by atomic mass is 32.2. The molecule has 0 aliphatic carbocycles. The Bertz CT molecular complexity index is 772. The maximum absolute atomic E-state index is 12.5. The number of hydrogen-bond acceptors (Lipinski definition) is 4. The van der Waals surface area contributed by atoms with E-state index in [1.165, 1.54) is 4.90 Å². The van der Waals surface area contributed by atoms with Gasteiger partial charge in [-0.25, -0.2) is 4.79 Å². The molecule has 0 bridgehead atoms. The second kappa shape index (κ2) is 7.70. The summed E-state index contributed by atoms with van der Waals surface area (Å²) in [5.74, 6) is 0. The number of amides is 2. The van der Waals surface area contributed by atoms with Crippen molar-refractivity contribution in [2.24, 2.45) is 0 Å². The lowest BCUT2D eigenvalue weighted by atomic mass is 9.76. The largest absolute Gasteiger partial charge is 0.495 e. The Hall–Kier alpha value is -1.39. The molecule has 2 fully saturated rings. The van der Waals surface area contributed by atoms with E-state index < -0.39 is 35.1 Å². The Morgan fingerprint density at radius 3 is 2.45 bits per heavy atom. The lowest BCUT2D eigenvalue weighted by Crippen LogP contribution is -2.41. The van der Waals surface area contributed by atoms with Crippen molar-refractivity contribution >= 4 is 36.1 Å². The summed E-state index contributed by atoms with van der Waals surface area (Å²) in [7, 11) is -0.559. The predicted molar refractivity (Wildman–Crippen MR) is 110 cm³/mol. The number of hydrogen-bond donors (Lipinski definition) is 1. The molecular weight excluding hydrogens is 404 g/mol. The average molecular weight is 430 g/mol. The first-order valence-corrected chi connectivity index (χ1v) is 10.4. The van der Waals surface area contributed by atoms with Gasteiger partial charge in [-0.05, 0) is 70.4 Å². The summed E-state index contributed by atoms with van der Waals surface area (Å²) in [6, 6.07) is 5.02. The first-order valence-electron chi connectivity index (χ1n) is 9.54. The number of nitrogens with one attached hydrogen (secondary N) is 1. The number of carbonyl (C=O) groups is 1. The van der Waals surface area contributed by atoms with Crippen LogP contribution in [0.4, 0.5) is 23.7 Å². The zero-order valence-electron chi connectivity index (χ0n) is 17.2. The van der Waals surface area contributed by atoms with Crippen LogP contribution >= 0.6 is 11.8 Å². The summed E-state index contributed by atoms with van der Waals surface area (Å²) < 4.78 is 49.8. The number of rotatable bonds is 3. The van der Waals surface area contributed by atoms with Crippen LogP contribution in [-0.4, -0.2) is 53.1 Å². The minimum atomic E-state index is -4.29. The van der Waals surface area contributed by atoms with Gasteiger partial charge in [-0.1, -0.05) is 11.6 Å². The molecule has 0 saturated carbocycles. The van der Waals surface area contributed by atoms with E-state index in [0.29, 0.717) is 18.7 Å². The van der Waals surface area contributed by atoms with Crippen molar-refractivity contribution in [1.82, 2.24) is 4.90 Å². The van der Waals surface area contributed by atoms with Crippen LogP contribution in [0.1, 0.15) is 39.7 Å². The number of aryl methyl sites for hydroxylation is 1. The summed E-state index contributed by atoms with van der Waals surface area (Å²) in [5, 5.41) is 2.16. The molecule has 2 amide bonds. The molecule has 29 heavy (non-hydrogen) atoms. The second-order valence-electron chi connectivity index (χ2n) is 8.51. The molecule has 1 aromatic rings. The van der Waals surface area contributed by atoms with E-state index in [2.05, 4.69) is 5.32 Å². The van der Waals surface area contributed by atoms with E-state index >= 15 is 0 Å². The molecule has 1 N–H and O–H groups in total. The average Bonchev–Trinajstić information content (AvgIpc) is 3.09. The molecule has 10 heteroatoms. The molecular formula is C19H26BF3N2O3S. The predicted octanol–water partition coefficient (Wildman–Crippen LogP) is 4.15. The van der Waals surface area contributed by atoms with Crippen molar-refractivity contribution in [2.45, 2.75) is 63.0 Å². The number of urea groups is 1. The van der Waals surface area contributed by atoms with Gasteiger partial charge in [0.15, 0.2) is 0 Å². The first-order chi connectivity index (χ1) is 13.3. The van der Waals surface area contributed by atoms with E-state index in [1.54, 1.807) is 12.1 Å². The molecule has 2 heterocycles. The number of carbonyl (C=O) groups excluding carboxylic acids is 1. The van der Waals surface area contributed by atoms with Crippen LogP contribution in [0.25, 0.3) is 0 Å². The fourth-order valence-electron chi connectivity index (χ4n) is 3.34. The summed E-state index contributed by atoms with van der Waals surface area (Å²) in [6.07, 6.45) is 0.324. The highest BCUT2D eigenvalue weighted by molar-refractivity contribution is 8.00. The van der Waals surface area contributed by atoms with Gasteiger partial charge in [0, 0.05) is 24.0 Å². The second-order valence-corrected chi connectivity index (χ2v) is 9.88. The minimum Gasteiger partial charge on any atom is -0.399 e. The Kier molecular flexibility index (Phi) is 5.92. The maximum atomic E-state index is 12.5. The molecule has 0 spiro atoms. The zero-order chi connectivity index (χ0) is 21.6. The van der Waals surface area contributed by atoms with Gasteiger partial charge in [-0.2, -0.15) is 13.2 Å². The van der Waals surface area contributed by atoms with Gasteiger partial charge in [0.05, 0.1) is 11.2 Å². The van der Waals surface area contributed by atoms with Crippen LogP contribution < -0.4 is 10.8 Å². The van der Waals surface area contributed by atoms with Gasteiger partial charge in [-0.3, -0.25) is 0 Å². The lowest BCUT2D eigenvalue weighted by Gasteiger charge is -2.32. The number of nitrogens with zero attached hydrogens (tertiary/aromatic N) is 1. The van der Waals surface area contributed by atoms with Crippen molar-refractivity contribution in [3.63, 3.8) is 0 Å². The minimum absolute atomic E-state index is 0.0422.